The molecule has 0 unspecified atom stereocenters. The summed E-state index contributed by atoms with van der Waals surface area (Å²) >= 11 is 0. The molecule has 0 bridgehead atoms. The van der Waals surface area contributed by atoms with Crippen LogP contribution in [0.5, 0.6) is 0 Å². The van der Waals surface area contributed by atoms with Crippen LogP contribution >= 0.6 is 0 Å². The molecule has 0 aliphatic rings. The van der Waals surface area contributed by atoms with E-state index in [0.717, 1.165) is 55.0 Å². The van der Waals surface area contributed by atoms with E-state index in [-0.39, 0.29) is 22.5 Å². The maximum atomic E-state index is 13.9. The zero-order valence-corrected chi connectivity index (χ0v) is 23.7. The highest BCUT2D eigenvalue weighted by Crippen LogP contribution is 2.40. The second-order valence-electron chi connectivity index (χ2n) is 10.9. The van der Waals surface area contributed by atoms with Gasteiger partial charge in [-0.15, -0.1) is 0 Å². The predicted octanol–water partition coefficient (Wildman–Crippen LogP) is 9.30. The maximum Gasteiger partial charge on any atom is 0.123 e. The summed E-state index contributed by atoms with van der Waals surface area (Å²) in [4.78, 5) is 0. The van der Waals surface area contributed by atoms with Gasteiger partial charge in [0.05, 0.1) is 57.0 Å². The fourth-order valence-corrected chi connectivity index (χ4v) is 6.57. The first-order chi connectivity index (χ1) is 22.1. The van der Waals surface area contributed by atoms with E-state index in [2.05, 4.69) is 57.7 Å². The molecule has 208 valence electrons. The number of hydrogen-bond donors (Lipinski definition) is 0. The molecule has 0 saturated heterocycles. The Balaban J connectivity index is 1.44. The Bertz CT molecular complexity index is 2600. The molecule has 0 aliphatic carbocycles. The molecule has 5 nitrogen and oxygen atoms in total. The smallest absolute Gasteiger partial charge is 0.123 e. The molecule has 2 heterocycles. The molecule has 0 fully saturated rings. The van der Waals surface area contributed by atoms with Crippen LogP contribution < -0.4 is 0 Å². The van der Waals surface area contributed by atoms with Gasteiger partial charge in [-0.1, -0.05) is 48.5 Å². The van der Waals surface area contributed by atoms with Crippen LogP contribution in [0, 0.1) is 39.8 Å². The van der Waals surface area contributed by atoms with Gasteiger partial charge in [-0.3, -0.25) is 0 Å². The van der Waals surface area contributed by atoms with E-state index in [0.29, 0.717) is 11.1 Å². The van der Waals surface area contributed by atoms with Gasteiger partial charge in [0.1, 0.15) is 5.82 Å². The number of halogens is 1. The van der Waals surface area contributed by atoms with E-state index in [9.17, 15) is 20.2 Å². The highest BCUT2D eigenvalue weighted by atomic mass is 19.1. The van der Waals surface area contributed by atoms with Crippen molar-refractivity contribution < 1.29 is 4.39 Å². The Morgan fingerprint density at radius 3 is 1.58 bits per heavy atom. The van der Waals surface area contributed by atoms with Gasteiger partial charge in [0, 0.05) is 38.5 Å². The second-order valence-corrected chi connectivity index (χ2v) is 10.9. The fraction of sp³-hybridized carbons (Fsp3) is 0. The average Bonchev–Trinajstić information content (AvgIpc) is 3.59. The van der Waals surface area contributed by atoms with Crippen molar-refractivity contribution in [1.82, 2.24) is 9.13 Å². The minimum atomic E-state index is -0.281. The SMILES string of the molecule is N#Cc1cc(C#N)c(-c2cccc(-n3c4ccccc4c4cc5c(cc43)c3ccccc3n5-c3ccc(F)cc3)c2)c(C#N)c1. The van der Waals surface area contributed by atoms with Crippen molar-refractivity contribution in [2.45, 2.75) is 0 Å². The minimum absolute atomic E-state index is 0.272. The van der Waals surface area contributed by atoms with Crippen LogP contribution in [0.4, 0.5) is 4.39 Å². The molecule has 8 aromatic rings. The van der Waals surface area contributed by atoms with Crippen LogP contribution in [0.1, 0.15) is 16.7 Å². The number of benzene rings is 6. The predicted molar refractivity (Wildman–Crippen MR) is 175 cm³/mol. The molecule has 0 amide bonds. The number of fused-ring (bicyclic) bond motifs is 6. The molecule has 45 heavy (non-hydrogen) atoms. The van der Waals surface area contributed by atoms with E-state index in [1.54, 1.807) is 12.1 Å². The number of rotatable bonds is 3. The van der Waals surface area contributed by atoms with E-state index < -0.39 is 0 Å². The summed E-state index contributed by atoms with van der Waals surface area (Å²) in [6.07, 6.45) is 0. The van der Waals surface area contributed by atoms with Crippen molar-refractivity contribution in [3.05, 3.63) is 144 Å². The molecule has 6 heteroatoms. The molecule has 0 saturated carbocycles. The Morgan fingerprint density at radius 2 is 1.02 bits per heavy atom. The molecule has 0 N–H and O–H groups in total. The van der Waals surface area contributed by atoms with Gasteiger partial charge in [-0.25, -0.2) is 4.39 Å². The van der Waals surface area contributed by atoms with E-state index in [4.69, 9.17) is 0 Å². The highest BCUT2D eigenvalue weighted by Gasteiger charge is 2.19. The third-order valence-electron chi connectivity index (χ3n) is 8.45. The summed E-state index contributed by atoms with van der Waals surface area (Å²) in [6, 6.07) is 44.7. The Hall–Kier alpha value is -6.68. The van der Waals surface area contributed by atoms with Crippen molar-refractivity contribution in [2.24, 2.45) is 0 Å². The van der Waals surface area contributed by atoms with Crippen LogP contribution in [0.3, 0.4) is 0 Å². The summed E-state index contributed by atoms with van der Waals surface area (Å²) in [5, 5.41) is 33.6. The molecule has 0 atom stereocenters. The van der Waals surface area contributed by atoms with Crippen LogP contribution in [-0.4, -0.2) is 9.13 Å². The van der Waals surface area contributed by atoms with Gasteiger partial charge < -0.3 is 9.13 Å². The van der Waals surface area contributed by atoms with Crippen molar-refractivity contribution in [3.63, 3.8) is 0 Å². The Kier molecular flexibility index (Phi) is 5.75. The molecule has 8 rings (SSSR count). The van der Waals surface area contributed by atoms with Gasteiger partial charge in [0.15, 0.2) is 0 Å². The van der Waals surface area contributed by atoms with E-state index >= 15 is 0 Å². The quantitative estimate of drug-likeness (QED) is 0.210. The third-order valence-corrected chi connectivity index (χ3v) is 8.45. The number of nitriles is 3. The zero-order chi connectivity index (χ0) is 30.7. The molecule has 0 radical (unpaired) electrons. The monoisotopic (exact) mass is 577 g/mol. The van der Waals surface area contributed by atoms with Crippen LogP contribution in [-0.2, 0) is 0 Å². The lowest BCUT2D eigenvalue weighted by molar-refractivity contribution is 0.627. The number of hydrogen-bond acceptors (Lipinski definition) is 3. The van der Waals surface area contributed by atoms with Crippen LogP contribution in [0.2, 0.25) is 0 Å². The van der Waals surface area contributed by atoms with Gasteiger partial charge >= 0.3 is 0 Å². The summed E-state index contributed by atoms with van der Waals surface area (Å²) in [6.45, 7) is 0. The average molecular weight is 578 g/mol. The summed E-state index contributed by atoms with van der Waals surface area (Å²) < 4.78 is 18.3. The zero-order valence-electron chi connectivity index (χ0n) is 23.7. The van der Waals surface area contributed by atoms with Crippen LogP contribution in [0.25, 0.3) is 66.1 Å². The minimum Gasteiger partial charge on any atom is -0.309 e. The number of aromatic nitrogens is 2. The first-order valence-electron chi connectivity index (χ1n) is 14.3. The Morgan fingerprint density at radius 1 is 0.467 bits per heavy atom. The summed E-state index contributed by atoms with van der Waals surface area (Å²) in [7, 11) is 0. The third kappa shape index (κ3) is 3.90. The molecule has 0 aliphatic heterocycles. The molecular weight excluding hydrogens is 557 g/mol. The van der Waals surface area contributed by atoms with E-state index in [1.165, 1.54) is 24.3 Å². The topological polar surface area (TPSA) is 81.2 Å². The summed E-state index contributed by atoms with van der Waals surface area (Å²) in [5.74, 6) is -0.281. The first-order valence-corrected chi connectivity index (χ1v) is 14.3. The highest BCUT2D eigenvalue weighted by molar-refractivity contribution is 6.19. The first kappa shape index (κ1) is 26.0. The van der Waals surface area contributed by atoms with Crippen LogP contribution in [0.15, 0.2) is 121 Å². The van der Waals surface area contributed by atoms with Crippen molar-refractivity contribution in [1.29, 1.82) is 15.8 Å². The van der Waals surface area contributed by atoms with Gasteiger partial charge in [0.25, 0.3) is 0 Å². The standard InChI is InChI=1S/C39H20FN5/c40-28-12-14-29(15-13-28)44-35-10-3-1-8-31(35)33-20-38-34(19-37(33)44)32-9-2-4-11-36(32)45(38)30-7-5-6-25(18-30)39-26(22-42)16-24(21-41)17-27(39)23-43/h1-20H. The molecule has 6 aromatic carbocycles. The lowest BCUT2D eigenvalue weighted by atomic mass is 9.93. The van der Waals surface area contributed by atoms with Gasteiger partial charge in [-0.2, -0.15) is 15.8 Å². The van der Waals surface area contributed by atoms with E-state index in [1.807, 2.05) is 54.6 Å². The Labute approximate surface area is 257 Å². The fourth-order valence-electron chi connectivity index (χ4n) is 6.57. The van der Waals surface area contributed by atoms with Crippen molar-refractivity contribution >= 4 is 43.6 Å². The second kappa shape index (κ2) is 9.96. The number of nitrogens with zero attached hydrogens (tertiary/aromatic N) is 5. The lowest BCUT2D eigenvalue weighted by Crippen LogP contribution is -1.97. The largest absolute Gasteiger partial charge is 0.309 e. The molecule has 2 aromatic heterocycles. The van der Waals surface area contributed by atoms with Gasteiger partial charge in [-0.05, 0) is 78.4 Å². The lowest BCUT2D eigenvalue weighted by Gasteiger charge is -2.12. The van der Waals surface area contributed by atoms with Crippen molar-refractivity contribution in [2.75, 3.05) is 0 Å². The summed E-state index contributed by atoms with van der Waals surface area (Å²) in [5.41, 5.74) is 7.85. The maximum absolute atomic E-state index is 13.9. The molecular formula is C39H20FN5. The number of para-hydroxylation sites is 2. The molecule has 0 spiro atoms. The van der Waals surface area contributed by atoms with Gasteiger partial charge in [0.2, 0.25) is 0 Å². The normalized spacial score (nSPS) is 11.2. The van der Waals surface area contributed by atoms with Crippen molar-refractivity contribution in [3.8, 4) is 40.7 Å².